The van der Waals surface area contributed by atoms with Crippen LogP contribution in [0, 0.1) is 5.92 Å². The van der Waals surface area contributed by atoms with Crippen LogP contribution in [0.2, 0.25) is 0 Å². The first kappa shape index (κ1) is 20.6. The topological polar surface area (TPSA) is 49.8 Å². The predicted octanol–water partition coefficient (Wildman–Crippen LogP) is 3.97. The molecule has 4 nitrogen and oxygen atoms in total. The van der Waals surface area contributed by atoms with E-state index >= 15 is 0 Å². The SMILES string of the molecule is CCC(=O)c1ccc(OC[C@H](O)CN2CCC(Cc3ccccc3)CC2)cc1. The van der Waals surface area contributed by atoms with E-state index in [-0.39, 0.29) is 12.4 Å². The second kappa shape index (κ2) is 10.4. The van der Waals surface area contributed by atoms with Crippen LogP contribution >= 0.6 is 0 Å². The molecule has 150 valence electrons. The van der Waals surface area contributed by atoms with Crippen molar-refractivity contribution in [2.45, 2.75) is 38.7 Å². The maximum atomic E-state index is 11.7. The van der Waals surface area contributed by atoms with E-state index < -0.39 is 6.10 Å². The van der Waals surface area contributed by atoms with Crippen LogP contribution in [-0.4, -0.2) is 48.1 Å². The van der Waals surface area contributed by atoms with Gasteiger partial charge < -0.3 is 14.7 Å². The van der Waals surface area contributed by atoms with Crippen molar-refractivity contribution in [1.29, 1.82) is 0 Å². The quantitative estimate of drug-likeness (QED) is 0.668. The zero-order valence-corrected chi connectivity index (χ0v) is 16.7. The minimum atomic E-state index is -0.511. The molecule has 1 saturated heterocycles. The van der Waals surface area contributed by atoms with Crippen LogP contribution in [0.4, 0.5) is 0 Å². The predicted molar refractivity (Wildman–Crippen MR) is 112 cm³/mol. The summed E-state index contributed by atoms with van der Waals surface area (Å²) in [6.07, 6.45) is 3.49. The summed E-state index contributed by atoms with van der Waals surface area (Å²) in [6, 6.07) is 17.8. The van der Waals surface area contributed by atoms with Crippen molar-refractivity contribution < 1.29 is 14.6 Å². The molecular weight excluding hydrogens is 350 g/mol. The molecule has 0 aliphatic carbocycles. The third kappa shape index (κ3) is 6.18. The highest BCUT2D eigenvalue weighted by atomic mass is 16.5. The molecule has 0 amide bonds. The molecule has 1 N–H and O–H groups in total. The Labute approximate surface area is 168 Å². The van der Waals surface area contributed by atoms with Crippen molar-refractivity contribution in [1.82, 2.24) is 4.90 Å². The van der Waals surface area contributed by atoms with Gasteiger partial charge in [0.1, 0.15) is 18.5 Å². The van der Waals surface area contributed by atoms with Crippen molar-refractivity contribution in [3.05, 3.63) is 65.7 Å². The zero-order valence-electron chi connectivity index (χ0n) is 16.7. The van der Waals surface area contributed by atoms with E-state index in [1.54, 1.807) is 24.3 Å². The van der Waals surface area contributed by atoms with E-state index in [1.165, 1.54) is 18.4 Å². The van der Waals surface area contributed by atoms with Crippen LogP contribution in [0.3, 0.4) is 0 Å². The number of hydrogen-bond acceptors (Lipinski definition) is 4. The van der Waals surface area contributed by atoms with Gasteiger partial charge in [-0.3, -0.25) is 4.79 Å². The summed E-state index contributed by atoms with van der Waals surface area (Å²) in [5.74, 6) is 1.55. The fourth-order valence-corrected chi connectivity index (χ4v) is 3.80. The first-order valence-electron chi connectivity index (χ1n) is 10.3. The molecule has 4 heteroatoms. The second-order valence-electron chi connectivity index (χ2n) is 7.70. The number of benzene rings is 2. The monoisotopic (exact) mass is 381 g/mol. The van der Waals surface area contributed by atoms with E-state index in [2.05, 4.69) is 35.2 Å². The maximum Gasteiger partial charge on any atom is 0.162 e. The second-order valence-corrected chi connectivity index (χ2v) is 7.70. The summed E-state index contributed by atoms with van der Waals surface area (Å²) < 4.78 is 5.69. The standard InChI is InChI=1S/C24H31NO3/c1-2-24(27)21-8-10-23(11-9-21)28-18-22(26)17-25-14-12-20(13-15-25)16-19-6-4-3-5-7-19/h3-11,20,22,26H,2,12-18H2,1H3/t22-/m1/s1. The number of rotatable bonds is 9. The molecule has 28 heavy (non-hydrogen) atoms. The van der Waals surface area contributed by atoms with Crippen LogP contribution in [-0.2, 0) is 6.42 Å². The van der Waals surface area contributed by atoms with Gasteiger partial charge in [-0.1, -0.05) is 37.3 Å². The number of aliphatic hydroxyl groups is 1. The molecule has 2 aromatic rings. The molecule has 1 aliphatic heterocycles. The van der Waals surface area contributed by atoms with Gasteiger partial charge in [0.15, 0.2) is 5.78 Å². The van der Waals surface area contributed by atoms with Gasteiger partial charge in [-0.2, -0.15) is 0 Å². The van der Waals surface area contributed by atoms with E-state index in [4.69, 9.17) is 4.74 Å². The van der Waals surface area contributed by atoms with Crippen LogP contribution < -0.4 is 4.74 Å². The molecule has 1 heterocycles. The molecule has 0 aromatic heterocycles. The number of aliphatic hydroxyl groups excluding tert-OH is 1. The number of carbonyl (C=O) groups excluding carboxylic acids is 1. The Morgan fingerprint density at radius 1 is 1.11 bits per heavy atom. The van der Waals surface area contributed by atoms with Crippen molar-refractivity contribution in [3.8, 4) is 5.75 Å². The molecule has 1 aliphatic rings. The molecular formula is C24H31NO3. The van der Waals surface area contributed by atoms with Gasteiger partial charge in [0.2, 0.25) is 0 Å². The van der Waals surface area contributed by atoms with E-state index in [9.17, 15) is 9.90 Å². The lowest BCUT2D eigenvalue weighted by Gasteiger charge is -2.33. The van der Waals surface area contributed by atoms with Gasteiger partial charge >= 0.3 is 0 Å². The summed E-state index contributed by atoms with van der Waals surface area (Å²) in [5, 5.41) is 10.3. The fraction of sp³-hybridized carbons (Fsp3) is 0.458. The molecule has 0 spiro atoms. The number of ketones is 1. The summed E-state index contributed by atoms with van der Waals surface area (Å²) >= 11 is 0. The van der Waals surface area contributed by atoms with Gasteiger partial charge in [0, 0.05) is 18.5 Å². The van der Waals surface area contributed by atoms with Gasteiger partial charge in [-0.05, 0) is 68.1 Å². The number of ether oxygens (including phenoxy) is 1. The van der Waals surface area contributed by atoms with E-state index in [0.717, 1.165) is 25.4 Å². The lowest BCUT2D eigenvalue weighted by molar-refractivity contribution is 0.0550. The molecule has 0 radical (unpaired) electrons. The molecule has 2 aromatic carbocycles. The van der Waals surface area contributed by atoms with Crippen LogP contribution in [0.5, 0.6) is 5.75 Å². The first-order valence-corrected chi connectivity index (χ1v) is 10.3. The minimum absolute atomic E-state index is 0.127. The number of piperidine rings is 1. The van der Waals surface area contributed by atoms with Crippen LogP contribution in [0.1, 0.15) is 42.1 Å². The number of likely N-dealkylation sites (tertiary alicyclic amines) is 1. The Kier molecular flexibility index (Phi) is 7.63. The Bertz CT molecular complexity index is 721. The van der Waals surface area contributed by atoms with Gasteiger partial charge in [0.25, 0.3) is 0 Å². The Morgan fingerprint density at radius 3 is 2.43 bits per heavy atom. The first-order chi connectivity index (χ1) is 13.6. The van der Waals surface area contributed by atoms with Crippen molar-refractivity contribution in [2.24, 2.45) is 5.92 Å². The van der Waals surface area contributed by atoms with Crippen molar-refractivity contribution in [2.75, 3.05) is 26.2 Å². The molecule has 1 fully saturated rings. The highest BCUT2D eigenvalue weighted by molar-refractivity contribution is 5.95. The van der Waals surface area contributed by atoms with Crippen LogP contribution in [0.15, 0.2) is 54.6 Å². The normalized spacial score (nSPS) is 16.6. The zero-order chi connectivity index (χ0) is 19.8. The Morgan fingerprint density at radius 2 is 1.79 bits per heavy atom. The highest BCUT2D eigenvalue weighted by Gasteiger charge is 2.21. The number of β-amino-alcohol motifs (C(OH)–C–C–N with tert-alkyl or cyclic N) is 1. The Balaban J connectivity index is 1.36. The average molecular weight is 382 g/mol. The molecule has 0 unspecified atom stereocenters. The number of Topliss-reactive ketones (excluding diaryl/α,β-unsaturated/α-hetero) is 1. The lowest BCUT2D eigenvalue weighted by Crippen LogP contribution is -2.41. The molecule has 3 rings (SSSR count). The number of carbonyl (C=O) groups is 1. The number of hydrogen-bond donors (Lipinski definition) is 1. The maximum absolute atomic E-state index is 11.7. The van der Waals surface area contributed by atoms with Crippen LogP contribution in [0.25, 0.3) is 0 Å². The summed E-state index contributed by atoms with van der Waals surface area (Å²) in [7, 11) is 0. The largest absolute Gasteiger partial charge is 0.491 e. The van der Waals surface area contributed by atoms with Gasteiger partial charge in [0.05, 0.1) is 0 Å². The van der Waals surface area contributed by atoms with Gasteiger partial charge in [-0.25, -0.2) is 0 Å². The Hall–Kier alpha value is -2.17. The van der Waals surface area contributed by atoms with E-state index in [1.807, 2.05) is 6.92 Å². The minimum Gasteiger partial charge on any atom is -0.491 e. The molecule has 0 saturated carbocycles. The molecule has 0 bridgehead atoms. The fourth-order valence-electron chi connectivity index (χ4n) is 3.80. The third-order valence-electron chi connectivity index (χ3n) is 5.48. The highest BCUT2D eigenvalue weighted by Crippen LogP contribution is 2.22. The summed E-state index contributed by atoms with van der Waals surface area (Å²) in [5.41, 5.74) is 2.12. The third-order valence-corrected chi connectivity index (χ3v) is 5.48. The summed E-state index contributed by atoms with van der Waals surface area (Å²) in [6.45, 7) is 4.83. The average Bonchev–Trinajstić information content (AvgIpc) is 2.74. The smallest absolute Gasteiger partial charge is 0.162 e. The van der Waals surface area contributed by atoms with Crippen molar-refractivity contribution >= 4 is 5.78 Å². The summed E-state index contributed by atoms with van der Waals surface area (Å²) in [4.78, 5) is 14.0. The lowest BCUT2D eigenvalue weighted by atomic mass is 9.90. The van der Waals surface area contributed by atoms with Crippen molar-refractivity contribution in [3.63, 3.8) is 0 Å². The van der Waals surface area contributed by atoms with Gasteiger partial charge in [-0.15, -0.1) is 0 Å². The van der Waals surface area contributed by atoms with E-state index in [0.29, 0.717) is 24.3 Å². The number of nitrogens with zero attached hydrogens (tertiary/aromatic N) is 1. The molecule has 1 atom stereocenters.